The summed E-state index contributed by atoms with van der Waals surface area (Å²) in [5, 5.41) is 5.40. The number of ether oxygens (including phenoxy) is 2. The van der Waals surface area contributed by atoms with Gasteiger partial charge in [-0.15, -0.1) is 11.3 Å². The van der Waals surface area contributed by atoms with Gasteiger partial charge in [-0.1, -0.05) is 13.0 Å². The molecule has 0 saturated carbocycles. The van der Waals surface area contributed by atoms with Gasteiger partial charge in [0.2, 0.25) is 5.88 Å². The Bertz CT molecular complexity index is 987. The van der Waals surface area contributed by atoms with Crippen LogP contribution in [0.2, 0.25) is 0 Å². The van der Waals surface area contributed by atoms with E-state index < -0.39 is 0 Å². The van der Waals surface area contributed by atoms with Crippen LogP contribution >= 0.6 is 11.3 Å². The second kappa shape index (κ2) is 10.9. The molecule has 0 aliphatic carbocycles. The van der Waals surface area contributed by atoms with Gasteiger partial charge in [-0.05, 0) is 36.8 Å². The number of nitrogens with zero attached hydrogens (tertiary/aromatic N) is 4. The molecule has 1 aliphatic heterocycles. The lowest BCUT2D eigenvalue weighted by atomic mass is 10.2. The van der Waals surface area contributed by atoms with Crippen molar-refractivity contribution < 1.29 is 9.47 Å². The molecule has 4 heterocycles. The van der Waals surface area contributed by atoms with Crippen LogP contribution in [-0.2, 0) is 17.6 Å². The standard InChI is InChI=1S/C23H27N5O2S/c1-2-21-6-7-23(31-21)27-25-17-19-15-20(28-10-13-29-14-11-28)16-22(26-19)30-12-8-18-5-3-4-9-24-18/h3-7,9,15-17,27H,2,8,10-14H2,1H3/b25-17-. The Balaban J connectivity index is 1.46. The van der Waals surface area contributed by atoms with Crippen LogP contribution in [0.5, 0.6) is 5.88 Å². The fourth-order valence-corrected chi connectivity index (χ4v) is 4.05. The molecule has 1 saturated heterocycles. The number of morpholine rings is 1. The van der Waals surface area contributed by atoms with Crippen molar-refractivity contribution in [1.82, 2.24) is 9.97 Å². The lowest BCUT2D eigenvalue weighted by molar-refractivity contribution is 0.122. The summed E-state index contributed by atoms with van der Waals surface area (Å²) in [6.07, 6.45) is 5.29. The second-order valence-corrected chi connectivity index (χ2v) is 8.27. The molecule has 3 aromatic heterocycles. The van der Waals surface area contributed by atoms with Gasteiger partial charge in [0.1, 0.15) is 5.00 Å². The van der Waals surface area contributed by atoms with Gasteiger partial charge in [-0.2, -0.15) is 5.10 Å². The molecular formula is C23H27N5O2S. The molecule has 8 heteroatoms. The van der Waals surface area contributed by atoms with Crippen molar-refractivity contribution in [2.45, 2.75) is 19.8 Å². The van der Waals surface area contributed by atoms with Crippen LogP contribution in [0.4, 0.5) is 10.7 Å². The van der Waals surface area contributed by atoms with Gasteiger partial charge in [-0.3, -0.25) is 10.4 Å². The molecule has 0 spiro atoms. The third kappa shape index (κ3) is 6.26. The molecule has 0 bridgehead atoms. The highest BCUT2D eigenvalue weighted by atomic mass is 32.1. The maximum absolute atomic E-state index is 5.98. The number of hydrogen-bond donors (Lipinski definition) is 1. The largest absolute Gasteiger partial charge is 0.477 e. The third-order valence-corrected chi connectivity index (χ3v) is 6.03. The maximum atomic E-state index is 5.98. The zero-order valence-electron chi connectivity index (χ0n) is 17.7. The summed E-state index contributed by atoms with van der Waals surface area (Å²) in [5.74, 6) is 0.589. The van der Waals surface area contributed by atoms with E-state index in [1.54, 1.807) is 23.7 Å². The normalized spacial score (nSPS) is 14.2. The highest BCUT2D eigenvalue weighted by Gasteiger charge is 2.14. The van der Waals surface area contributed by atoms with Crippen molar-refractivity contribution >= 4 is 28.2 Å². The minimum atomic E-state index is 0.514. The minimum Gasteiger partial charge on any atom is -0.477 e. The number of nitrogens with one attached hydrogen (secondary N) is 1. The molecule has 4 rings (SSSR count). The van der Waals surface area contributed by atoms with Gasteiger partial charge in [0.25, 0.3) is 0 Å². The molecule has 0 amide bonds. The first-order chi connectivity index (χ1) is 15.3. The molecule has 162 valence electrons. The van der Waals surface area contributed by atoms with E-state index in [1.165, 1.54) is 4.88 Å². The van der Waals surface area contributed by atoms with Crippen molar-refractivity contribution in [2.24, 2.45) is 5.10 Å². The van der Waals surface area contributed by atoms with E-state index in [-0.39, 0.29) is 0 Å². The lowest BCUT2D eigenvalue weighted by Gasteiger charge is -2.29. The highest BCUT2D eigenvalue weighted by molar-refractivity contribution is 7.16. The number of pyridine rings is 2. The second-order valence-electron chi connectivity index (χ2n) is 7.10. The van der Waals surface area contributed by atoms with E-state index in [4.69, 9.17) is 9.47 Å². The Hall–Kier alpha value is -2.97. The number of hydrazone groups is 1. The first kappa shape index (κ1) is 21.3. The summed E-state index contributed by atoms with van der Waals surface area (Å²) in [6.45, 7) is 5.81. The monoisotopic (exact) mass is 437 g/mol. The lowest BCUT2D eigenvalue weighted by Crippen LogP contribution is -2.36. The molecule has 0 aromatic carbocycles. The zero-order valence-corrected chi connectivity index (χ0v) is 18.5. The smallest absolute Gasteiger partial charge is 0.215 e. The SMILES string of the molecule is CCc1ccc(N/N=C\c2cc(N3CCOCC3)cc(OCCc3ccccn3)n2)s1. The summed E-state index contributed by atoms with van der Waals surface area (Å²) in [5.41, 5.74) is 5.91. The first-order valence-corrected chi connectivity index (χ1v) is 11.4. The van der Waals surface area contributed by atoms with Gasteiger partial charge < -0.3 is 14.4 Å². The summed E-state index contributed by atoms with van der Waals surface area (Å²) >= 11 is 1.71. The number of aryl methyl sites for hydroxylation is 1. The maximum Gasteiger partial charge on any atom is 0.215 e. The zero-order chi connectivity index (χ0) is 21.3. The summed E-state index contributed by atoms with van der Waals surface area (Å²) in [4.78, 5) is 12.6. The Morgan fingerprint density at radius 2 is 2.13 bits per heavy atom. The van der Waals surface area contributed by atoms with Gasteiger partial charge in [0.15, 0.2) is 0 Å². The van der Waals surface area contributed by atoms with Crippen molar-refractivity contribution in [3.8, 4) is 5.88 Å². The molecule has 1 N–H and O–H groups in total. The number of hydrogen-bond acceptors (Lipinski definition) is 8. The van der Waals surface area contributed by atoms with Crippen LogP contribution < -0.4 is 15.1 Å². The topological polar surface area (TPSA) is 71.9 Å². The number of anilines is 2. The van der Waals surface area contributed by atoms with Gasteiger partial charge in [0.05, 0.1) is 31.7 Å². The predicted molar refractivity (Wildman–Crippen MR) is 126 cm³/mol. The Labute approximate surface area is 186 Å². The van der Waals surface area contributed by atoms with Crippen LogP contribution in [0.3, 0.4) is 0 Å². The Morgan fingerprint density at radius 3 is 2.90 bits per heavy atom. The number of thiophene rings is 1. The fraction of sp³-hybridized carbons (Fsp3) is 0.348. The van der Waals surface area contributed by atoms with Gasteiger partial charge in [-0.25, -0.2) is 4.98 Å². The van der Waals surface area contributed by atoms with Crippen molar-refractivity contribution in [3.63, 3.8) is 0 Å². The molecule has 0 atom stereocenters. The predicted octanol–water partition coefficient (Wildman–Crippen LogP) is 4.00. The average Bonchev–Trinajstić information content (AvgIpc) is 3.28. The van der Waals surface area contributed by atoms with Crippen molar-refractivity contribution in [3.05, 3.63) is 64.9 Å². The van der Waals surface area contributed by atoms with Gasteiger partial charge in [0, 0.05) is 48.0 Å². The number of aromatic nitrogens is 2. The Kier molecular flexibility index (Phi) is 7.46. The van der Waals surface area contributed by atoms with E-state index in [0.29, 0.717) is 12.5 Å². The molecule has 1 fully saturated rings. The van der Waals surface area contributed by atoms with E-state index in [0.717, 1.165) is 61.2 Å². The number of rotatable bonds is 9. The molecule has 0 radical (unpaired) electrons. The molecule has 7 nitrogen and oxygen atoms in total. The minimum absolute atomic E-state index is 0.514. The summed E-state index contributed by atoms with van der Waals surface area (Å²) in [6, 6.07) is 14.1. The highest BCUT2D eigenvalue weighted by Crippen LogP contribution is 2.23. The van der Waals surface area contributed by atoms with E-state index in [9.17, 15) is 0 Å². The van der Waals surface area contributed by atoms with Crippen molar-refractivity contribution in [1.29, 1.82) is 0 Å². The van der Waals surface area contributed by atoms with Crippen LogP contribution in [0.1, 0.15) is 23.2 Å². The van der Waals surface area contributed by atoms with Crippen LogP contribution in [-0.4, -0.2) is 49.1 Å². The molecular weight excluding hydrogens is 410 g/mol. The average molecular weight is 438 g/mol. The third-order valence-electron chi connectivity index (χ3n) is 4.90. The Morgan fingerprint density at radius 1 is 1.23 bits per heavy atom. The van der Waals surface area contributed by atoms with E-state index in [1.807, 2.05) is 36.4 Å². The fourth-order valence-electron chi connectivity index (χ4n) is 3.25. The molecule has 31 heavy (non-hydrogen) atoms. The van der Waals surface area contributed by atoms with Crippen LogP contribution in [0, 0.1) is 0 Å². The quantitative estimate of drug-likeness (QED) is 0.403. The molecule has 1 aliphatic rings. The van der Waals surface area contributed by atoms with Crippen LogP contribution in [0.15, 0.2) is 53.8 Å². The van der Waals surface area contributed by atoms with Crippen LogP contribution in [0.25, 0.3) is 0 Å². The van der Waals surface area contributed by atoms with Crippen molar-refractivity contribution in [2.75, 3.05) is 43.2 Å². The summed E-state index contributed by atoms with van der Waals surface area (Å²) in [7, 11) is 0. The van der Waals surface area contributed by atoms with E-state index in [2.05, 4.69) is 38.4 Å². The first-order valence-electron chi connectivity index (χ1n) is 10.6. The van der Waals surface area contributed by atoms with Gasteiger partial charge >= 0.3 is 0 Å². The summed E-state index contributed by atoms with van der Waals surface area (Å²) < 4.78 is 11.5. The van der Waals surface area contributed by atoms with E-state index >= 15 is 0 Å². The molecule has 0 unspecified atom stereocenters. The molecule has 3 aromatic rings.